The van der Waals surface area contributed by atoms with Crippen molar-refractivity contribution in [3.63, 3.8) is 0 Å². The highest BCUT2D eigenvalue weighted by atomic mass is 16.5. The van der Waals surface area contributed by atoms with Gasteiger partial charge in [0.05, 0.1) is 6.61 Å². The Balaban J connectivity index is 2.35. The van der Waals surface area contributed by atoms with Crippen LogP contribution in [-0.2, 0) is 9.53 Å². The zero-order valence-corrected chi connectivity index (χ0v) is 10.9. The number of hydrogen-bond donors (Lipinski definition) is 0. The summed E-state index contributed by atoms with van der Waals surface area (Å²) in [6.45, 7) is 2.36. The zero-order chi connectivity index (χ0) is 12.0. The summed E-state index contributed by atoms with van der Waals surface area (Å²) >= 11 is 0. The molecule has 0 spiro atoms. The van der Waals surface area contributed by atoms with Gasteiger partial charge in [-0.15, -0.1) is 0 Å². The van der Waals surface area contributed by atoms with Crippen LogP contribution in [0, 0.1) is 5.92 Å². The van der Waals surface area contributed by atoms with E-state index in [1.54, 1.807) is 0 Å². The molecular formula is C13H25NO2. The molecule has 1 rings (SSSR count). The van der Waals surface area contributed by atoms with Gasteiger partial charge in [0, 0.05) is 12.5 Å². The van der Waals surface area contributed by atoms with Crippen LogP contribution in [0.25, 0.3) is 0 Å². The quantitative estimate of drug-likeness (QED) is 0.676. The Hall–Kier alpha value is -0.570. The Morgan fingerprint density at radius 1 is 1.31 bits per heavy atom. The summed E-state index contributed by atoms with van der Waals surface area (Å²) in [6.07, 6.45) is 6.77. The van der Waals surface area contributed by atoms with Gasteiger partial charge in [0.1, 0.15) is 0 Å². The standard InChI is InChI=1S/C13H25NO2/c1-4-16-13(15)10-9-11-7-5-6-8-12(11)14(2)3/h11-12H,4-10H2,1-3H3/t11-,12-/m0/s1. The first kappa shape index (κ1) is 13.5. The summed E-state index contributed by atoms with van der Waals surface area (Å²) in [5.41, 5.74) is 0. The van der Waals surface area contributed by atoms with Gasteiger partial charge in [-0.3, -0.25) is 4.79 Å². The largest absolute Gasteiger partial charge is 0.466 e. The fourth-order valence-electron chi connectivity index (χ4n) is 2.74. The normalized spacial score (nSPS) is 25.8. The minimum Gasteiger partial charge on any atom is -0.466 e. The van der Waals surface area contributed by atoms with E-state index in [1.165, 1.54) is 25.7 Å². The van der Waals surface area contributed by atoms with Crippen molar-refractivity contribution in [2.45, 2.75) is 51.5 Å². The highest BCUT2D eigenvalue weighted by Crippen LogP contribution is 2.30. The summed E-state index contributed by atoms with van der Waals surface area (Å²) in [7, 11) is 4.29. The van der Waals surface area contributed by atoms with E-state index >= 15 is 0 Å². The molecule has 0 aromatic heterocycles. The molecule has 2 atom stereocenters. The summed E-state index contributed by atoms with van der Waals surface area (Å²) in [6, 6.07) is 0.656. The summed E-state index contributed by atoms with van der Waals surface area (Å²) in [5.74, 6) is 0.638. The number of rotatable bonds is 5. The molecule has 0 amide bonds. The van der Waals surface area contributed by atoms with Crippen LogP contribution in [0.4, 0.5) is 0 Å². The first-order chi connectivity index (χ1) is 7.65. The van der Waals surface area contributed by atoms with Crippen molar-refractivity contribution in [1.82, 2.24) is 4.90 Å². The molecule has 1 aliphatic rings. The van der Waals surface area contributed by atoms with Crippen LogP contribution in [0.1, 0.15) is 45.4 Å². The topological polar surface area (TPSA) is 29.5 Å². The van der Waals surface area contributed by atoms with E-state index in [0.717, 1.165) is 6.42 Å². The molecule has 1 saturated carbocycles. The molecule has 0 aliphatic heterocycles. The van der Waals surface area contributed by atoms with E-state index in [0.29, 0.717) is 25.0 Å². The third-order valence-electron chi connectivity index (χ3n) is 3.56. The highest BCUT2D eigenvalue weighted by Gasteiger charge is 2.26. The van der Waals surface area contributed by atoms with Gasteiger partial charge < -0.3 is 9.64 Å². The second kappa shape index (κ2) is 6.89. The van der Waals surface area contributed by atoms with Gasteiger partial charge >= 0.3 is 5.97 Å². The van der Waals surface area contributed by atoms with Crippen LogP contribution >= 0.6 is 0 Å². The van der Waals surface area contributed by atoms with Crippen LogP contribution in [0.3, 0.4) is 0 Å². The van der Waals surface area contributed by atoms with Crippen molar-refractivity contribution in [3.05, 3.63) is 0 Å². The van der Waals surface area contributed by atoms with Gasteiger partial charge in [0.25, 0.3) is 0 Å². The van der Waals surface area contributed by atoms with Crippen LogP contribution in [0.2, 0.25) is 0 Å². The second-order valence-corrected chi connectivity index (χ2v) is 4.92. The van der Waals surface area contributed by atoms with Crippen molar-refractivity contribution in [3.8, 4) is 0 Å². The molecule has 0 saturated heterocycles. The predicted molar refractivity (Wildman–Crippen MR) is 65.3 cm³/mol. The lowest BCUT2D eigenvalue weighted by Gasteiger charge is -2.36. The molecule has 0 bridgehead atoms. The minimum atomic E-state index is -0.0365. The molecule has 0 aromatic carbocycles. The van der Waals surface area contributed by atoms with Gasteiger partial charge in [0.2, 0.25) is 0 Å². The molecule has 0 N–H and O–H groups in total. The highest BCUT2D eigenvalue weighted by molar-refractivity contribution is 5.69. The lowest BCUT2D eigenvalue weighted by molar-refractivity contribution is -0.143. The molecule has 3 nitrogen and oxygen atoms in total. The maximum Gasteiger partial charge on any atom is 0.305 e. The zero-order valence-electron chi connectivity index (χ0n) is 10.9. The fraction of sp³-hybridized carbons (Fsp3) is 0.923. The van der Waals surface area contributed by atoms with E-state index in [1.807, 2.05) is 6.92 Å². The molecular weight excluding hydrogens is 202 g/mol. The van der Waals surface area contributed by atoms with E-state index in [9.17, 15) is 4.79 Å². The smallest absolute Gasteiger partial charge is 0.305 e. The number of hydrogen-bond acceptors (Lipinski definition) is 3. The van der Waals surface area contributed by atoms with Crippen molar-refractivity contribution < 1.29 is 9.53 Å². The monoisotopic (exact) mass is 227 g/mol. The number of ether oxygens (including phenoxy) is 1. The number of nitrogens with zero attached hydrogens (tertiary/aromatic N) is 1. The molecule has 94 valence electrons. The van der Waals surface area contributed by atoms with Gasteiger partial charge in [-0.1, -0.05) is 12.8 Å². The molecule has 0 unspecified atom stereocenters. The summed E-state index contributed by atoms with van der Waals surface area (Å²) in [4.78, 5) is 13.6. The SMILES string of the molecule is CCOC(=O)CC[C@@H]1CCCC[C@@H]1N(C)C. The molecule has 1 fully saturated rings. The van der Waals surface area contributed by atoms with Crippen LogP contribution in [0.15, 0.2) is 0 Å². The second-order valence-electron chi connectivity index (χ2n) is 4.92. The predicted octanol–water partition coefficient (Wildman–Crippen LogP) is 2.45. The lowest BCUT2D eigenvalue weighted by Crippen LogP contribution is -2.37. The van der Waals surface area contributed by atoms with Crippen molar-refractivity contribution in [2.75, 3.05) is 20.7 Å². The van der Waals surface area contributed by atoms with E-state index < -0.39 is 0 Å². The first-order valence-electron chi connectivity index (χ1n) is 6.47. The molecule has 0 aromatic rings. The van der Waals surface area contributed by atoms with Crippen molar-refractivity contribution >= 4 is 5.97 Å². The molecule has 1 aliphatic carbocycles. The average molecular weight is 227 g/mol. The molecule has 3 heteroatoms. The lowest BCUT2D eigenvalue weighted by atomic mass is 9.81. The van der Waals surface area contributed by atoms with E-state index in [4.69, 9.17) is 4.74 Å². The Morgan fingerprint density at radius 3 is 2.62 bits per heavy atom. The first-order valence-corrected chi connectivity index (χ1v) is 6.47. The van der Waals surface area contributed by atoms with Gasteiger partial charge in [-0.25, -0.2) is 0 Å². The maximum absolute atomic E-state index is 11.3. The van der Waals surface area contributed by atoms with E-state index in [-0.39, 0.29) is 5.97 Å². The van der Waals surface area contributed by atoms with Crippen molar-refractivity contribution in [1.29, 1.82) is 0 Å². The third-order valence-corrected chi connectivity index (χ3v) is 3.56. The minimum absolute atomic E-state index is 0.0365. The Kier molecular flexibility index (Phi) is 5.81. The van der Waals surface area contributed by atoms with Crippen molar-refractivity contribution in [2.24, 2.45) is 5.92 Å². The van der Waals surface area contributed by atoms with Gasteiger partial charge in [0.15, 0.2) is 0 Å². The summed E-state index contributed by atoms with van der Waals surface area (Å²) < 4.78 is 4.98. The van der Waals surface area contributed by atoms with Gasteiger partial charge in [-0.05, 0) is 46.2 Å². The molecule has 16 heavy (non-hydrogen) atoms. The Bertz CT molecular complexity index is 216. The van der Waals surface area contributed by atoms with Crippen LogP contribution in [0.5, 0.6) is 0 Å². The average Bonchev–Trinajstić information content (AvgIpc) is 2.27. The van der Waals surface area contributed by atoms with Gasteiger partial charge in [-0.2, -0.15) is 0 Å². The third kappa shape index (κ3) is 4.12. The number of carbonyl (C=O) groups is 1. The maximum atomic E-state index is 11.3. The van der Waals surface area contributed by atoms with Crippen LogP contribution in [-0.4, -0.2) is 37.6 Å². The molecule has 0 heterocycles. The number of esters is 1. The Morgan fingerprint density at radius 2 is 2.00 bits per heavy atom. The Labute approximate surface area is 99.1 Å². The number of carbonyl (C=O) groups excluding carboxylic acids is 1. The van der Waals surface area contributed by atoms with E-state index in [2.05, 4.69) is 19.0 Å². The fourth-order valence-corrected chi connectivity index (χ4v) is 2.74. The summed E-state index contributed by atoms with van der Waals surface area (Å²) in [5, 5.41) is 0. The molecule has 0 radical (unpaired) electrons. The van der Waals surface area contributed by atoms with Crippen LogP contribution < -0.4 is 0 Å².